The zero-order valence-electron chi connectivity index (χ0n) is 11.4. The first-order valence-electron chi connectivity index (χ1n) is 6.52. The van der Waals surface area contributed by atoms with Crippen molar-refractivity contribution in [2.75, 3.05) is 6.54 Å². The molecule has 0 fully saturated rings. The molecule has 6 heteroatoms. The maximum absolute atomic E-state index is 11.1. The van der Waals surface area contributed by atoms with Gasteiger partial charge in [0.15, 0.2) is 0 Å². The summed E-state index contributed by atoms with van der Waals surface area (Å²) in [4.78, 5) is 0.139. The average molecular weight is 325 g/mol. The largest absolute Gasteiger partial charge is 0.312 e. The molecular formula is C15H17ClN2O2S. The summed E-state index contributed by atoms with van der Waals surface area (Å²) in [6.45, 7) is 1.57. The third kappa shape index (κ3) is 5.13. The van der Waals surface area contributed by atoms with Crippen LogP contribution in [0.5, 0.6) is 0 Å². The van der Waals surface area contributed by atoms with Crippen molar-refractivity contribution >= 4 is 21.6 Å². The molecule has 0 aliphatic carbocycles. The molecule has 0 bridgehead atoms. The molecule has 0 spiro atoms. The molecule has 2 aromatic carbocycles. The molecule has 0 saturated carbocycles. The number of benzene rings is 2. The number of halogens is 1. The zero-order chi connectivity index (χ0) is 15.3. The maximum Gasteiger partial charge on any atom is 0.238 e. The van der Waals surface area contributed by atoms with Gasteiger partial charge in [0.05, 0.1) is 4.90 Å². The molecule has 0 amide bonds. The number of rotatable bonds is 6. The van der Waals surface area contributed by atoms with Crippen LogP contribution in [0.2, 0.25) is 5.02 Å². The fourth-order valence-electron chi connectivity index (χ4n) is 1.91. The van der Waals surface area contributed by atoms with Gasteiger partial charge in [-0.25, -0.2) is 13.6 Å². The van der Waals surface area contributed by atoms with Gasteiger partial charge in [-0.2, -0.15) is 0 Å². The summed E-state index contributed by atoms with van der Waals surface area (Å²) >= 11 is 5.83. The Balaban J connectivity index is 1.80. The van der Waals surface area contributed by atoms with Crippen molar-refractivity contribution in [1.29, 1.82) is 0 Å². The smallest absolute Gasteiger partial charge is 0.238 e. The van der Waals surface area contributed by atoms with E-state index >= 15 is 0 Å². The highest BCUT2D eigenvalue weighted by Gasteiger charge is 2.06. The van der Waals surface area contributed by atoms with Gasteiger partial charge in [-0.05, 0) is 48.4 Å². The molecule has 0 aliphatic rings. The second-order valence-corrected chi connectivity index (χ2v) is 6.74. The maximum atomic E-state index is 11.1. The van der Waals surface area contributed by atoms with Crippen LogP contribution < -0.4 is 10.5 Å². The number of hydrogen-bond donors (Lipinski definition) is 2. The third-order valence-electron chi connectivity index (χ3n) is 3.08. The molecule has 0 radical (unpaired) electrons. The van der Waals surface area contributed by atoms with E-state index in [9.17, 15) is 8.42 Å². The third-order valence-corrected chi connectivity index (χ3v) is 4.27. The van der Waals surface area contributed by atoms with Crippen LogP contribution in [-0.4, -0.2) is 15.0 Å². The minimum Gasteiger partial charge on any atom is -0.312 e. The van der Waals surface area contributed by atoms with E-state index in [4.69, 9.17) is 16.7 Å². The number of nitrogens with one attached hydrogen (secondary N) is 1. The average Bonchev–Trinajstić information content (AvgIpc) is 2.45. The van der Waals surface area contributed by atoms with Gasteiger partial charge in [0.25, 0.3) is 0 Å². The van der Waals surface area contributed by atoms with Gasteiger partial charge in [0, 0.05) is 11.6 Å². The van der Waals surface area contributed by atoms with Crippen LogP contribution in [0.4, 0.5) is 0 Å². The van der Waals surface area contributed by atoms with Crippen LogP contribution in [0.25, 0.3) is 0 Å². The molecule has 0 aromatic heterocycles. The summed E-state index contributed by atoms with van der Waals surface area (Å²) in [5, 5.41) is 9.11. The lowest BCUT2D eigenvalue weighted by Gasteiger charge is -2.06. The van der Waals surface area contributed by atoms with E-state index in [1.165, 1.54) is 17.7 Å². The number of hydrogen-bond acceptors (Lipinski definition) is 3. The minimum atomic E-state index is -3.61. The lowest BCUT2D eigenvalue weighted by molar-refractivity contribution is 0.597. The van der Waals surface area contributed by atoms with Gasteiger partial charge in [-0.3, -0.25) is 0 Å². The minimum absolute atomic E-state index is 0.139. The Kier molecular flexibility index (Phi) is 5.36. The monoisotopic (exact) mass is 324 g/mol. The van der Waals surface area contributed by atoms with E-state index in [1.54, 1.807) is 12.1 Å². The first kappa shape index (κ1) is 16.0. The summed E-state index contributed by atoms with van der Waals surface area (Å²) in [6.07, 6.45) is 0.818. The van der Waals surface area contributed by atoms with E-state index in [0.717, 1.165) is 30.1 Å². The fraction of sp³-hybridized carbons (Fsp3) is 0.200. The molecule has 2 rings (SSSR count). The SMILES string of the molecule is NS(=O)(=O)c1ccc(CCNCc2ccc(Cl)cc2)cc1. The van der Waals surface area contributed by atoms with Crippen molar-refractivity contribution in [3.05, 3.63) is 64.7 Å². The molecule has 0 atom stereocenters. The number of sulfonamides is 1. The van der Waals surface area contributed by atoms with Crippen molar-refractivity contribution < 1.29 is 8.42 Å². The van der Waals surface area contributed by atoms with Gasteiger partial charge < -0.3 is 5.32 Å². The van der Waals surface area contributed by atoms with Gasteiger partial charge in [0.2, 0.25) is 10.0 Å². The van der Waals surface area contributed by atoms with Crippen molar-refractivity contribution in [3.63, 3.8) is 0 Å². The summed E-state index contributed by atoms with van der Waals surface area (Å²) in [5.74, 6) is 0. The Morgan fingerprint density at radius 3 is 2.10 bits per heavy atom. The summed E-state index contributed by atoms with van der Waals surface area (Å²) in [6, 6.07) is 14.3. The van der Waals surface area contributed by atoms with Crippen LogP contribution in [0, 0.1) is 0 Å². The lowest BCUT2D eigenvalue weighted by Crippen LogP contribution is -2.16. The highest BCUT2D eigenvalue weighted by atomic mass is 35.5. The van der Waals surface area contributed by atoms with Gasteiger partial charge in [-0.1, -0.05) is 35.9 Å². The van der Waals surface area contributed by atoms with Crippen molar-refractivity contribution in [1.82, 2.24) is 5.32 Å². The van der Waals surface area contributed by atoms with Crippen LogP contribution in [0.1, 0.15) is 11.1 Å². The molecule has 0 aliphatic heterocycles. The molecule has 4 nitrogen and oxygen atoms in total. The zero-order valence-corrected chi connectivity index (χ0v) is 13.0. The van der Waals surface area contributed by atoms with E-state index in [-0.39, 0.29) is 4.90 Å². The molecule has 0 unspecified atom stereocenters. The van der Waals surface area contributed by atoms with Crippen molar-refractivity contribution in [3.8, 4) is 0 Å². The Bertz CT molecular complexity index is 683. The van der Waals surface area contributed by atoms with E-state index in [2.05, 4.69) is 5.32 Å². The van der Waals surface area contributed by atoms with Crippen LogP contribution in [0.15, 0.2) is 53.4 Å². The van der Waals surface area contributed by atoms with Crippen molar-refractivity contribution in [2.24, 2.45) is 5.14 Å². The molecule has 3 N–H and O–H groups in total. The predicted molar refractivity (Wildman–Crippen MR) is 84.7 cm³/mol. The molecule has 2 aromatic rings. The Labute approximate surface area is 130 Å². The van der Waals surface area contributed by atoms with Gasteiger partial charge in [-0.15, -0.1) is 0 Å². The second kappa shape index (κ2) is 7.04. The predicted octanol–water partition coefficient (Wildman–Crippen LogP) is 2.32. The quantitative estimate of drug-likeness (QED) is 0.801. The van der Waals surface area contributed by atoms with E-state index < -0.39 is 10.0 Å². The molecular weight excluding hydrogens is 308 g/mol. The van der Waals surface area contributed by atoms with Crippen LogP contribution >= 0.6 is 11.6 Å². The second-order valence-electron chi connectivity index (χ2n) is 4.74. The summed E-state index contributed by atoms with van der Waals surface area (Å²) < 4.78 is 22.3. The van der Waals surface area contributed by atoms with Gasteiger partial charge in [0.1, 0.15) is 0 Å². The summed E-state index contributed by atoms with van der Waals surface area (Å²) in [7, 11) is -3.61. The lowest BCUT2D eigenvalue weighted by atomic mass is 10.1. The standard InChI is InChI=1S/C15H17ClN2O2S/c16-14-5-1-13(2-6-14)11-18-10-9-12-3-7-15(8-4-12)21(17,19)20/h1-8,18H,9-11H2,(H2,17,19,20). The molecule has 112 valence electrons. The van der Waals surface area contributed by atoms with Gasteiger partial charge >= 0.3 is 0 Å². The first-order chi connectivity index (χ1) is 9.95. The molecule has 21 heavy (non-hydrogen) atoms. The highest BCUT2D eigenvalue weighted by molar-refractivity contribution is 7.89. The molecule has 0 saturated heterocycles. The van der Waals surface area contributed by atoms with E-state index in [0.29, 0.717) is 0 Å². The van der Waals surface area contributed by atoms with Crippen molar-refractivity contribution in [2.45, 2.75) is 17.9 Å². The fourth-order valence-corrected chi connectivity index (χ4v) is 2.55. The van der Waals surface area contributed by atoms with Crippen LogP contribution in [-0.2, 0) is 23.0 Å². The highest BCUT2D eigenvalue weighted by Crippen LogP contribution is 2.10. The normalized spacial score (nSPS) is 11.5. The number of nitrogens with two attached hydrogens (primary N) is 1. The van der Waals surface area contributed by atoms with Crippen LogP contribution in [0.3, 0.4) is 0 Å². The number of primary sulfonamides is 1. The molecule has 0 heterocycles. The Morgan fingerprint density at radius 1 is 0.952 bits per heavy atom. The first-order valence-corrected chi connectivity index (χ1v) is 8.44. The Hall–Kier alpha value is -1.40. The topological polar surface area (TPSA) is 72.2 Å². The van der Waals surface area contributed by atoms with E-state index in [1.807, 2.05) is 24.3 Å². The Morgan fingerprint density at radius 2 is 1.52 bits per heavy atom. The summed E-state index contributed by atoms with van der Waals surface area (Å²) in [5.41, 5.74) is 2.23.